The van der Waals surface area contributed by atoms with Crippen LogP contribution in [-0.2, 0) is 0 Å². The van der Waals surface area contributed by atoms with Crippen LogP contribution >= 0.6 is 23.2 Å². The van der Waals surface area contributed by atoms with Crippen LogP contribution in [0.1, 0.15) is 0 Å². The van der Waals surface area contributed by atoms with Gasteiger partial charge in [0, 0.05) is 22.2 Å². The van der Waals surface area contributed by atoms with Gasteiger partial charge in [-0.3, -0.25) is 20.2 Å². The highest BCUT2D eigenvalue weighted by Gasteiger charge is 2.16. The van der Waals surface area contributed by atoms with E-state index < -0.39 is 9.85 Å². The average Bonchev–Trinajstić information content (AvgIpc) is 2.49. The second kappa shape index (κ2) is 7.12. The number of anilines is 2. The van der Waals surface area contributed by atoms with Crippen LogP contribution in [0.3, 0.4) is 0 Å². The molecule has 2 aromatic rings. The fourth-order valence-electron chi connectivity index (χ4n) is 1.85. The molecule has 2 aromatic carbocycles. The number of nitrogens with zero attached hydrogens (tertiary/aromatic N) is 2. The molecule has 23 heavy (non-hydrogen) atoms. The number of halogens is 2. The maximum absolute atomic E-state index is 11.0. The fraction of sp³-hybridized carbons (Fsp3) is 0.0769. The normalized spacial score (nSPS) is 10.2. The van der Waals surface area contributed by atoms with Gasteiger partial charge in [-0.15, -0.1) is 0 Å². The Labute approximate surface area is 140 Å². The van der Waals surface area contributed by atoms with E-state index in [4.69, 9.17) is 23.2 Å². The van der Waals surface area contributed by atoms with Crippen LogP contribution in [-0.4, -0.2) is 16.5 Å². The molecule has 0 spiro atoms. The molecule has 2 N–H and O–H groups in total. The Morgan fingerprint density at radius 3 is 1.57 bits per heavy atom. The third-order valence-corrected chi connectivity index (χ3v) is 3.34. The first-order valence-corrected chi connectivity index (χ1v) is 6.99. The number of nitro groups is 2. The number of rotatable bonds is 6. The average molecular weight is 357 g/mol. The molecule has 0 atom stereocenters. The zero-order valence-corrected chi connectivity index (χ0v) is 13.0. The van der Waals surface area contributed by atoms with E-state index in [-0.39, 0.29) is 39.5 Å². The molecule has 0 aliphatic heterocycles. The lowest BCUT2D eigenvalue weighted by atomic mass is 10.2. The molecular formula is C13H10Cl2N4O4. The second-order valence-corrected chi connectivity index (χ2v) is 5.24. The van der Waals surface area contributed by atoms with E-state index in [1.807, 2.05) is 0 Å². The van der Waals surface area contributed by atoms with Crippen molar-refractivity contribution in [3.8, 4) is 0 Å². The van der Waals surface area contributed by atoms with Crippen LogP contribution in [0, 0.1) is 20.2 Å². The molecule has 0 aromatic heterocycles. The maximum atomic E-state index is 11.0. The molecule has 0 aliphatic rings. The molecule has 0 saturated carbocycles. The molecule has 10 heteroatoms. The zero-order valence-electron chi connectivity index (χ0n) is 11.5. The van der Waals surface area contributed by atoms with Crippen LogP contribution in [0.15, 0.2) is 36.4 Å². The first kappa shape index (κ1) is 16.8. The molecular weight excluding hydrogens is 347 g/mol. The van der Waals surface area contributed by atoms with Gasteiger partial charge in [0.25, 0.3) is 11.4 Å². The van der Waals surface area contributed by atoms with E-state index in [0.29, 0.717) is 0 Å². The van der Waals surface area contributed by atoms with Gasteiger partial charge in [-0.25, -0.2) is 0 Å². The number of nitrogens with one attached hydrogen (secondary N) is 2. The highest BCUT2D eigenvalue weighted by atomic mass is 35.5. The zero-order chi connectivity index (χ0) is 17.0. The summed E-state index contributed by atoms with van der Waals surface area (Å²) in [5, 5.41) is 28.0. The lowest BCUT2D eigenvalue weighted by Crippen LogP contribution is -2.13. The lowest BCUT2D eigenvalue weighted by Gasteiger charge is -2.10. The Morgan fingerprint density at radius 2 is 1.22 bits per heavy atom. The van der Waals surface area contributed by atoms with Crippen molar-refractivity contribution in [2.45, 2.75) is 0 Å². The minimum atomic E-state index is -0.570. The maximum Gasteiger partial charge on any atom is 0.293 e. The van der Waals surface area contributed by atoms with Crippen LogP contribution < -0.4 is 10.6 Å². The Hall–Kier alpha value is -2.58. The van der Waals surface area contributed by atoms with E-state index in [9.17, 15) is 20.2 Å². The van der Waals surface area contributed by atoms with Gasteiger partial charge in [-0.05, 0) is 24.3 Å². The summed E-state index contributed by atoms with van der Waals surface area (Å²) in [4.78, 5) is 20.8. The third-order valence-electron chi connectivity index (χ3n) is 2.87. The van der Waals surface area contributed by atoms with E-state index in [2.05, 4.69) is 10.6 Å². The van der Waals surface area contributed by atoms with Crippen molar-refractivity contribution in [1.82, 2.24) is 0 Å². The summed E-state index contributed by atoms with van der Waals surface area (Å²) < 4.78 is 0. The highest BCUT2D eigenvalue weighted by Crippen LogP contribution is 2.29. The monoisotopic (exact) mass is 356 g/mol. The molecule has 0 unspecified atom stereocenters. The summed E-state index contributed by atoms with van der Waals surface area (Å²) in [5.74, 6) is 0. The summed E-state index contributed by atoms with van der Waals surface area (Å²) in [6.45, 7) is 0.0327. The van der Waals surface area contributed by atoms with Crippen LogP contribution in [0.2, 0.25) is 10.0 Å². The van der Waals surface area contributed by atoms with E-state index in [1.165, 1.54) is 36.4 Å². The summed E-state index contributed by atoms with van der Waals surface area (Å²) in [7, 11) is 0. The van der Waals surface area contributed by atoms with Gasteiger partial charge in [0.1, 0.15) is 11.4 Å². The van der Waals surface area contributed by atoms with Crippen LogP contribution in [0.5, 0.6) is 0 Å². The smallest absolute Gasteiger partial charge is 0.293 e. The molecule has 8 nitrogen and oxygen atoms in total. The lowest BCUT2D eigenvalue weighted by molar-refractivity contribution is -0.384. The summed E-state index contributed by atoms with van der Waals surface area (Å²) >= 11 is 11.5. The minimum Gasteiger partial charge on any atom is -0.362 e. The third kappa shape index (κ3) is 4.21. The highest BCUT2D eigenvalue weighted by molar-refractivity contribution is 6.31. The molecule has 0 aliphatic carbocycles. The largest absolute Gasteiger partial charge is 0.362 e. The van der Waals surface area contributed by atoms with Crippen molar-refractivity contribution in [3.05, 3.63) is 66.7 Å². The van der Waals surface area contributed by atoms with Gasteiger partial charge < -0.3 is 10.6 Å². The quantitative estimate of drug-likeness (QED) is 0.453. The molecule has 0 heterocycles. The molecule has 0 fully saturated rings. The van der Waals surface area contributed by atoms with Gasteiger partial charge in [0.15, 0.2) is 0 Å². The summed E-state index contributed by atoms with van der Waals surface area (Å²) in [5.41, 5.74) is 0.0989. The topological polar surface area (TPSA) is 110 Å². The Morgan fingerprint density at radius 1 is 0.826 bits per heavy atom. The summed E-state index contributed by atoms with van der Waals surface area (Å²) in [6, 6.07) is 8.35. The van der Waals surface area contributed by atoms with Crippen molar-refractivity contribution >= 4 is 46.0 Å². The molecule has 0 saturated heterocycles. The Balaban J connectivity index is 2.12. The summed E-state index contributed by atoms with van der Waals surface area (Å²) in [6.07, 6.45) is 0. The number of nitro benzene ring substituents is 2. The first-order chi connectivity index (χ1) is 10.9. The van der Waals surface area contributed by atoms with Crippen LogP contribution in [0.25, 0.3) is 0 Å². The minimum absolute atomic E-state index is 0.0327. The SMILES string of the molecule is O=[N+]([O-])c1cc(Cl)ccc1NCNc1ccc(Cl)cc1[N+](=O)[O-]. The van der Waals surface area contributed by atoms with E-state index in [1.54, 1.807) is 0 Å². The Kier molecular flexibility index (Phi) is 5.20. The number of hydrogen-bond donors (Lipinski definition) is 2. The van der Waals surface area contributed by atoms with Gasteiger partial charge in [-0.1, -0.05) is 23.2 Å². The van der Waals surface area contributed by atoms with Crippen molar-refractivity contribution in [2.75, 3.05) is 17.3 Å². The Bertz CT molecular complexity index is 706. The fourth-order valence-corrected chi connectivity index (χ4v) is 2.18. The number of benzene rings is 2. The molecule has 0 radical (unpaired) electrons. The molecule has 0 amide bonds. The van der Waals surface area contributed by atoms with Crippen LogP contribution in [0.4, 0.5) is 22.7 Å². The first-order valence-electron chi connectivity index (χ1n) is 6.24. The predicted molar refractivity (Wildman–Crippen MR) is 88.3 cm³/mol. The van der Waals surface area contributed by atoms with Crippen molar-refractivity contribution in [3.63, 3.8) is 0 Å². The van der Waals surface area contributed by atoms with E-state index in [0.717, 1.165) is 0 Å². The van der Waals surface area contributed by atoms with Gasteiger partial charge >= 0.3 is 0 Å². The van der Waals surface area contributed by atoms with Gasteiger partial charge in [-0.2, -0.15) is 0 Å². The standard InChI is InChI=1S/C13H10Cl2N4O4/c14-8-1-3-10(12(5-8)18(20)21)16-7-17-11-4-2-9(15)6-13(11)19(22)23/h1-6,16-17H,7H2. The van der Waals surface area contributed by atoms with Crippen molar-refractivity contribution in [2.24, 2.45) is 0 Å². The molecule has 120 valence electrons. The van der Waals surface area contributed by atoms with E-state index >= 15 is 0 Å². The van der Waals surface area contributed by atoms with Crippen molar-refractivity contribution < 1.29 is 9.85 Å². The molecule has 0 bridgehead atoms. The molecule has 2 rings (SSSR count). The van der Waals surface area contributed by atoms with Gasteiger partial charge in [0.05, 0.1) is 16.5 Å². The second-order valence-electron chi connectivity index (χ2n) is 4.37. The number of hydrogen-bond acceptors (Lipinski definition) is 6. The predicted octanol–water partition coefficient (Wildman–Crippen LogP) is 4.29. The van der Waals surface area contributed by atoms with Gasteiger partial charge in [0.2, 0.25) is 0 Å². The van der Waals surface area contributed by atoms with Crippen molar-refractivity contribution in [1.29, 1.82) is 0 Å².